The molecule has 0 atom stereocenters. The minimum absolute atomic E-state index is 0.0945. The molecule has 4 N–H and O–H groups in total. The summed E-state index contributed by atoms with van der Waals surface area (Å²) in [6.07, 6.45) is 0. The van der Waals surface area contributed by atoms with E-state index in [9.17, 15) is 4.79 Å². The van der Waals surface area contributed by atoms with Crippen LogP contribution in [0.1, 0.15) is 21.9 Å². The van der Waals surface area contributed by atoms with Gasteiger partial charge in [0, 0.05) is 7.11 Å². The SMILES string of the molecule is COCc1nc(C)c(C(N)=O)c(N)n1. The third-order valence-corrected chi connectivity index (χ3v) is 1.68. The first-order valence-corrected chi connectivity index (χ1v) is 3.98. The van der Waals surface area contributed by atoms with Crippen molar-refractivity contribution in [2.45, 2.75) is 13.5 Å². The lowest BCUT2D eigenvalue weighted by Gasteiger charge is -2.06. The van der Waals surface area contributed by atoms with E-state index in [4.69, 9.17) is 16.2 Å². The number of hydrogen-bond donors (Lipinski definition) is 2. The molecule has 0 aromatic carbocycles. The molecule has 1 rings (SSSR count). The Kier molecular flexibility index (Phi) is 2.98. The molecule has 0 saturated heterocycles. The molecule has 0 aliphatic carbocycles. The maximum absolute atomic E-state index is 10.9. The molecule has 1 aromatic heterocycles. The molecule has 14 heavy (non-hydrogen) atoms. The van der Waals surface area contributed by atoms with Crippen molar-refractivity contribution >= 4 is 11.7 Å². The highest BCUT2D eigenvalue weighted by Gasteiger charge is 2.13. The summed E-state index contributed by atoms with van der Waals surface area (Å²) in [5.74, 6) is -0.0893. The normalized spacial score (nSPS) is 10.1. The summed E-state index contributed by atoms with van der Waals surface area (Å²) in [5.41, 5.74) is 11.3. The van der Waals surface area contributed by atoms with Crippen LogP contribution >= 0.6 is 0 Å². The van der Waals surface area contributed by atoms with Crippen LogP contribution in [0.4, 0.5) is 5.82 Å². The Morgan fingerprint density at radius 1 is 1.50 bits per heavy atom. The minimum Gasteiger partial charge on any atom is -0.383 e. The number of primary amides is 1. The van der Waals surface area contributed by atoms with Gasteiger partial charge in [0.05, 0.1) is 5.69 Å². The Hall–Kier alpha value is -1.69. The summed E-state index contributed by atoms with van der Waals surface area (Å²) < 4.78 is 4.84. The zero-order valence-electron chi connectivity index (χ0n) is 8.07. The number of amides is 1. The van der Waals surface area contributed by atoms with E-state index in [0.717, 1.165) is 0 Å². The number of nitrogens with two attached hydrogens (primary N) is 2. The number of nitrogen functional groups attached to an aromatic ring is 1. The number of methoxy groups -OCH3 is 1. The topological polar surface area (TPSA) is 104 Å². The van der Waals surface area contributed by atoms with Crippen LogP contribution in [0.2, 0.25) is 0 Å². The van der Waals surface area contributed by atoms with E-state index >= 15 is 0 Å². The van der Waals surface area contributed by atoms with Gasteiger partial charge < -0.3 is 16.2 Å². The second-order valence-corrected chi connectivity index (χ2v) is 2.78. The third kappa shape index (κ3) is 1.97. The Bertz CT molecular complexity index is 341. The second-order valence-electron chi connectivity index (χ2n) is 2.78. The van der Waals surface area contributed by atoms with Crippen molar-refractivity contribution in [2.24, 2.45) is 5.73 Å². The lowest BCUT2D eigenvalue weighted by Crippen LogP contribution is -2.18. The summed E-state index contributed by atoms with van der Waals surface area (Å²) in [6, 6.07) is 0. The molecule has 6 nitrogen and oxygen atoms in total. The van der Waals surface area contributed by atoms with Gasteiger partial charge in [-0.25, -0.2) is 9.97 Å². The molecule has 0 aliphatic heterocycles. The van der Waals surface area contributed by atoms with E-state index in [2.05, 4.69) is 9.97 Å². The Morgan fingerprint density at radius 3 is 2.57 bits per heavy atom. The molecule has 1 heterocycles. The predicted octanol–water partition coefficient (Wildman–Crippen LogP) is -0.387. The van der Waals surface area contributed by atoms with Gasteiger partial charge in [0.2, 0.25) is 0 Å². The van der Waals surface area contributed by atoms with Crippen LogP contribution in [0.15, 0.2) is 0 Å². The molecule has 0 fully saturated rings. The Labute approximate surface area is 81.3 Å². The van der Waals surface area contributed by atoms with E-state index in [1.165, 1.54) is 7.11 Å². The Morgan fingerprint density at radius 2 is 2.14 bits per heavy atom. The third-order valence-electron chi connectivity index (χ3n) is 1.68. The molecule has 0 aliphatic rings. The number of aryl methyl sites for hydroxylation is 1. The van der Waals surface area contributed by atoms with E-state index in [-0.39, 0.29) is 18.0 Å². The molecule has 1 aromatic rings. The molecule has 0 bridgehead atoms. The fraction of sp³-hybridized carbons (Fsp3) is 0.375. The highest BCUT2D eigenvalue weighted by Crippen LogP contribution is 2.12. The fourth-order valence-corrected chi connectivity index (χ4v) is 1.15. The van der Waals surface area contributed by atoms with Crippen LogP contribution in [0, 0.1) is 6.92 Å². The largest absolute Gasteiger partial charge is 0.383 e. The van der Waals surface area contributed by atoms with Crippen LogP contribution in [0.5, 0.6) is 0 Å². The first kappa shape index (κ1) is 10.4. The van der Waals surface area contributed by atoms with Gasteiger partial charge >= 0.3 is 0 Å². The summed E-state index contributed by atoms with van der Waals surface area (Å²) in [7, 11) is 1.52. The maximum Gasteiger partial charge on any atom is 0.254 e. The number of anilines is 1. The predicted molar refractivity (Wildman–Crippen MR) is 50.4 cm³/mol. The van der Waals surface area contributed by atoms with Crippen molar-refractivity contribution in [1.29, 1.82) is 0 Å². The molecule has 0 saturated carbocycles. The molecule has 0 radical (unpaired) electrons. The van der Waals surface area contributed by atoms with E-state index < -0.39 is 5.91 Å². The van der Waals surface area contributed by atoms with E-state index in [0.29, 0.717) is 11.5 Å². The van der Waals surface area contributed by atoms with Crippen LogP contribution in [-0.4, -0.2) is 23.0 Å². The van der Waals surface area contributed by atoms with Gasteiger partial charge in [-0.1, -0.05) is 0 Å². The molecule has 0 spiro atoms. The maximum atomic E-state index is 10.9. The number of carbonyl (C=O) groups is 1. The van der Waals surface area contributed by atoms with Crippen LogP contribution in [0.25, 0.3) is 0 Å². The van der Waals surface area contributed by atoms with Crippen molar-refractivity contribution in [2.75, 3.05) is 12.8 Å². The average Bonchev–Trinajstić information content (AvgIpc) is 2.01. The highest BCUT2D eigenvalue weighted by atomic mass is 16.5. The van der Waals surface area contributed by atoms with Crippen molar-refractivity contribution in [3.8, 4) is 0 Å². The standard InChI is InChI=1S/C8H12N4O2/c1-4-6(8(10)13)7(9)12-5(11-4)3-14-2/h3H2,1-2H3,(H2,10,13)(H2,9,11,12). The van der Waals surface area contributed by atoms with Gasteiger partial charge in [-0.15, -0.1) is 0 Å². The highest BCUT2D eigenvalue weighted by molar-refractivity contribution is 5.98. The van der Waals surface area contributed by atoms with Crippen molar-refractivity contribution in [3.63, 3.8) is 0 Å². The van der Waals surface area contributed by atoms with Gasteiger partial charge in [0.15, 0.2) is 5.82 Å². The smallest absolute Gasteiger partial charge is 0.254 e. The average molecular weight is 196 g/mol. The fourth-order valence-electron chi connectivity index (χ4n) is 1.15. The number of carbonyl (C=O) groups excluding carboxylic acids is 1. The number of rotatable bonds is 3. The van der Waals surface area contributed by atoms with Crippen molar-refractivity contribution in [1.82, 2.24) is 9.97 Å². The molecular weight excluding hydrogens is 184 g/mol. The lowest BCUT2D eigenvalue weighted by molar-refractivity contribution is 0.0999. The molecule has 76 valence electrons. The molecule has 1 amide bonds. The first-order chi connectivity index (χ1) is 6.56. The van der Waals surface area contributed by atoms with Gasteiger partial charge in [-0.2, -0.15) is 0 Å². The van der Waals surface area contributed by atoms with Crippen molar-refractivity contribution in [3.05, 3.63) is 17.1 Å². The molecule has 0 unspecified atom stereocenters. The number of hydrogen-bond acceptors (Lipinski definition) is 5. The second kappa shape index (κ2) is 4.01. The van der Waals surface area contributed by atoms with E-state index in [1.54, 1.807) is 6.92 Å². The number of ether oxygens (including phenoxy) is 1. The summed E-state index contributed by atoms with van der Waals surface area (Å²) in [5, 5.41) is 0. The van der Waals surface area contributed by atoms with Gasteiger partial charge in [-0.3, -0.25) is 4.79 Å². The Balaban J connectivity index is 3.18. The molecular formula is C8H12N4O2. The van der Waals surface area contributed by atoms with Gasteiger partial charge in [0.25, 0.3) is 5.91 Å². The van der Waals surface area contributed by atoms with Crippen LogP contribution in [-0.2, 0) is 11.3 Å². The number of aromatic nitrogens is 2. The molecule has 6 heteroatoms. The van der Waals surface area contributed by atoms with E-state index in [1.807, 2.05) is 0 Å². The van der Waals surface area contributed by atoms with Crippen molar-refractivity contribution < 1.29 is 9.53 Å². The zero-order valence-corrected chi connectivity index (χ0v) is 8.07. The summed E-state index contributed by atoms with van der Waals surface area (Å²) >= 11 is 0. The summed E-state index contributed by atoms with van der Waals surface area (Å²) in [4.78, 5) is 18.9. The van der Waals surface area contributed by atoms with Gasteiger partial charge in [-0.05, 0) is 6.92 Å². The minimum atomic E-state index is -0.621. The van der Waals surface area contributed by atoms with Gasteiger partial charge in [0.1, 0.15) is 18.0 Å². The zero-order chi connectivity index (χ0) is 10.7. The number of nitrogens with zero attached hydrogens (tertiary/aromatic N) is 2. The van der Waals surface area contributed by atoms with Crippen LogP contribution < -0.4 is 11.5 Å². The van der Waals surface area contributed by atoms with Crippen LogP contribution in [0.3, 0.4) is 0 Å². The quantitative estimate of drug-likeness (QED) is 0.685. The monoisotopic (exact) mass is 196 g/mol. The summed E-state index contributed by atoms with van der Waals surface area (Å²) in [6.45, 7) is 1.90. The lowest BCUT2D eigenvalue weighted by atomic mass is 10.2. The first-order valence-electron chi connectivity index (χ1n) is 3.98.